The van der Waals surface area contributed by atoms with Crippen molar-refractivity contribution < 1.29 is 29.5 Å². The molecule has 0 bridgehead atoms. The zero-order valence-electron chi connectivity index (χ0n) is 22.7. The smallest absolute Gasteiger partial charge is 0.352 e. The van der Waals surface area contributed by atoms with Crippen LogP contribution in [0, 0.1) is 0 Å². The first kappa shape index (κ1) is 28.6. The number of fused-ring (bicyclic) bond motifs is 1. The number of carboxylic acids is 1. The number of carbonyl (C=O) groups is 4. The Labute approximate surface area is 249 Å². The summed E-state index contributed by atoms with van der Waals surface area (Å²) in [6.45, 7) is 4.44. The number of anilines is 1. The second kappa shape index (κ2) is 11.7. The predicted molar refractivity (Wildman–Crippen MR) is 155 cm³/mol. The van der Waals surface area contributed by atoms with Gasteiger partial charge in [-0.05, 0) is 43.9 Å². The monoisotopic (exact) mass is 616 g/mol. The lowest BCUT2D eigenvalue weighted by atomic mass is 10.0. The topological polar surface area (TPSA) is 194 Å². The maximum absolute atomic E-state index is 13.4. The van der Waals surface area contributed by atoms with Gasteiger partial charge in [-0.25, -0.2) is 9.78 Å². The third kappa shape index (κ3) is 5.27. The van der Waals surface area contributed by atoms with Gasteiger partial charge < -0.3 is 31.6 Å². The zero-order valence-corrected chi connectivity index (χ0v) is 24.3. The van der Waals surface area contributed by atoms with Gasteiger partial charge in [0.15, 0.2) is 10.8 Å². The van der Waals surface area contributed by atoms with E-state index in [2.05, 4.69) is 25.7 Å². The summed E-state index contributed by atoms with van der Waals surface area (Å²) in [5.74, 6) is -2.56. The number of nitrogens with one attached hydrogen (secondary N) is 2. The van der Waals surface area contributed by atoms with Crippen LogP contribution >= 0.6 is 23.1 Å². The third-order valence-corrected chi connectivity index (χ3v) is 10.4. The van der Waals surface area contributed by atoms with Crippen molar-refractivity contribution in [1.82, 2.24) is 30.3 Å². The highest BCUT2D eigenvalue weighted by molar-refractivity contribution is 8.00. The molecular weight excluding hydrogens is 584 g/mol. The van der Waals surface area contributed by atoms with Crippen LogP contribution in [0.3, 0.4) is 0 Å². The van der Waals surface area contributed by atoms with Crippen LogP contribution in [-0.2, 0) is 19.2 Å². The lowest BCUT2D eigenvalue weighted by molar-refractivity contribution is -0.150. The Kier molecular flexibility index (Phi) is 7.95. The second-order valence-corrected chi connectivity index (χ2v) is 13.0. The molecule has 5 aliphatic rings. The number of carboxylic acid groups (broad SMARTS) is 1. The van der Waals surface area contributed by atoms with Crippen LogP contribution in [0.15, 0.2) is 33.5 Å². The maximum Gasteiger partial charge on any atom is 0.352 e. The number of amides is 3. The van der Waals surface area contributed by atoms with Crippen molar-refractivity contribution in [3.8, 4) is 0 Å². The molecule has 224 valence electrons. The van der Waals surface area contributed by atoms with E-state index in [1.807, 2.05) is 4.90 Å². The van der Waals surface area contributed by atoms with E-state index >= 15 is 0 Å². The highest BCUT2D eigenvalue weighted by Crippen LogP contribution is 2.41. The van der Waals surface area contributed by atoms with E-state index in [0.717, 1.165) is 48.8 Å². The minimum atomic E-state index is -1.28. The molecule has 4 atom stereocenters. The summed E-state index contributed by atoms with van der Waals surface area (Å²) in [6, 6.07) is -0.369. The maximum atomic E-state index is 13.4. The molecule has 0 radical (unpaired) electrons. The van der Waals surface area contributed by atoms with Crippen molar-refractivity contribution >= 4 is 57.6 Å². The number of aliphatic carboxylic acids is 1. The first-order chi connectivity index (χ1) is 20.2. The number of allylic oxidation sites excluding steroid dienone is 1. The summed E-state index contributed by atoms with van der Waals surface area (Å²) < 4.78 is 0. The molecule has 0 aliphatic carbocycles. The van der Waals surface area contributed by atoms with Gasteiger partial charge in [-0.3, -0.25) is 24.2 Å². The molecule has 0 aromatic carbocycles. The van der Waals surface area contributed by atoms with Crippen molar-refractivity contribution in [1.29, 1.82) is 0 Å². The molecule has 4 fully saturated rings. The molecule has 16 heteroatoms. The number of nitrogens with two attached hydrogens (primary N) is 1. The fourth-order valence-electron chi connectivity index (χ4n) is 6.36. The number of thiazole rings is 1. The minimum absolute atomic E-state index is 0.0591. The second-order valence-electron chi connectivity index (χ2n) is 11.0. The normalized spacial score (nSPS) is 29.4. The molecule has 2 unspecified atom stereocenters. The average molecular weight is 617 g/mol. The van der Waals surface area contributed by atoms with Crippen LogP contribution in [-0.4, -0.2) is 121 Å². The van der Waals surface area contributed by atoms with Gasteiger partial charge in [0, 0.05) is 55.0 Å². The van der Waals surface area contributed by atoms with E-state index in [4.69, 9.17) is 5.73 Å². The quantitative estimate of drug-likeness (QED) is 0.0841. The highest BCUT2D eigenvalue weighted by atomic mass is 32.2. The molecule has 0 saturated carbocycles. The Bertz CT molecular complexity index is 1400. The molecule has 1 aromatic heterocycles. The van der Waals surface area contributed by atoms with Gasteiger partial charge in [0.25, 0.3) is 11.8 Å². The number of nitrogens with zero attached hydrogens (tertiary/aromatic N) is 5. The number of likely N-dealkylation sites (tertiary alicyclic amines) is 2. The molecular formula is C26H32N8O6S2. The third-order valence-electron chi connectivity index (χ3n) is 8.40. The van der Waals surface area contributed by atoms with Crippen molar-refractivity contribution in [2.45, 2.75) is 49.2 Å². The number of rotatable bonds is 8. The number of nitrogen functional groups attached to an aromatic ring is 1. The van der Waals surface area contributed by atoms with Crippen molar-refractivity contribution in [2.75, 3.05) is 44.2 Å². The van der Waals surface area contributed by atoms with Gasteiger partial charge in [0.2, 0.25) is 5.91 Å². The fourth-order valence-corrected chi connectivity index (χ4v) is 8.21. The number of β-lactam (4-membered cyclic amide) rings is 1. The molecule has 6 heterocycles. The highest BCUT2D eigenvalue weighted by Gasteiger charge is 2.54. The van der Waals surface area contributed by atoms with Crippen LogP contribution in [0.5, 0.6) is 0 Å². The van der Waals surface area contributed by atoms with E-state index < -0.39 is 34.9 Å². The van der Waals surface area contributed by atoms with Gasteiger partial charge in [-0.2, -0.15) is 0 Å². The molecule has 42 heavy (non-hydrogen) atoms. The van der Waals surface area contributed by atoms with Gasteiger partial charge in [0.1, 0.15) is 22.8 Å². The van der Waals surface area contributed by atoms with E-state index in [-0.39, 0.29) is 34.2 Å². The summed E-state index contributed by atoms with van der Waals surface area (Å²) in [5, 5.41) is 29.4. The van der Waals surface area contributed by atoms with Crippen molar-refractivity contribution in [3.63, 3.8) is 0 Å². The molecule has 1 aromatic rings. The lowest BCUT2D eigenvalue weighted by Gasteiger charge is -2.49. The zero-order chi connectivity index (χ0) is 29.5. The first-order valence-electron chi connectivity index (χ1n) is 13.9. The van der Waals surface area contributed by atoms with Gasteiger partial charge >= 0.3 is 5.97 Å². The fraction of sp³-hybridized carbons (Fsp3) is 0.538. The number of hydrogen-bond donors (Lipinski definition) is 5. The minimum Gasteiger partial charge on any atom is -0.477 e. The summed E-state index contributed by atoms with van der Waals surface area (Å²) >= 11 is 2.35. The molecule has 0 spiro atoms. The SMILES string of the molecule is Nc1nc(/C(=N/O)C(=O)N[C@@H]2C(=O)N3C(C(=O)O)=C(/C=C4\CCN(C5CCN(CC6CCCN6)C5)C4=O)CS[C@H]23)cs1. The Hall–Kier alpha value is -3.47. The Morgan fingerprint density at radius 3 is 2.81 bits per heavy atom. The molecule has 4 saturated heterocycles. The van der Waals surface area contributed by atoms with E-state index in [1.54, 1.807) is 6.08 Å². The lowest BCUT2D eigenvalue weighted by Crippen LogP contribution is -2.71. The van der Waals surface area contributed by atoms with Crippen LogP contribution in [0.4, 0.5) is 5.13 Å². The first-order valence-corrected chi connectivity index (χ1v) is 15.8. The van der Waals surface area contributed by atoms with Crippen molar-refractivity contribution in [2.24, 2.45) is 5.16 Å². The van der Waals surface area contributed by atoms with Crippen molar-refractivity contribution in [3.05, 3.63) is 34.0 Å². The van der Waals surface area contributed by atoms with Crippen LogP contribution in [0.25, 0.3) is 0 Å². The average Bonchev–Trinajstić information content (AvgIpc) is 3.78. The number of carbonyl (C=O) groups excluding carboxylic acids is 3. The largest absolute Gasteiger partial charge is 0.477 e. The predicted octanol–water partition coefficient (Wildman–Crippen LogP) is -0.373. The van der Waals surface area contributed by atoms with Gasteiger partial charge in [0.05, 0.1) is 0 Å². The van der Waals surface area contributed by atoms with E-state index in [0.29, 0.717) is 30.2 Å². The molecule has 5 aliphatic heterocycles. The van der Waals surface area contributed by atoms with Crippen LogP contribution < -0.4 is 16.4 Å². The molecule has 14 nitrogen and oxygen atoms in total. The summed E-state index contributed by atoms with van der Waals surface area (Å²) in [6.07, 6.45) is 5.45. The molecule has 3 amide bonds. The van der Waals surface area contributed by atoms with E-state index in [1.165, 1.54) is 30.0 Å². The Morgan fingerprint density at radius 2 is 2.12 bits per heavy atom. The number of hydrogen-bond acceptors (Lipinski definition) is 12. The van der Waals surface area contributed by atoms with Crippen LogP contribution in [0.2, 0.25) is 0 Å². The summed E-state index contributed by atoms with van der Waals surface area (Å²) in [4.78, 5) is 60.9. The van der Waals surface area contributed by atoms with E-state index in [9.17, 15) is 29.5 Å². The molecule has 6 rings (SSSR count). The summed E-state index contributed by atoms with van der Waals surface area (Å²) in [5.41, 5.74) is 6.00. The number of aromatic nitrogens is 1. The van der Waals surface area contributed by atoms with Gasteiger partial charge in [-0.1, -0.05) is 5.16 Å². The Morgan fingerprint density at radius 1 is 1.29 bits per heavy atom. The number of thioether (sulfide) groups is 1. The Balaban J connectivity index is 1.12. The molecule has 6 N–H and O–H groups in total. The van der Waals surface area contributed by atoms with Gasteiger partial charge in [-0.15, -0.1) is 23.1 Å². The standard InChI is InChI=1S/C26H32N8O6S2/c27-26-29-17(12-42-26)18(31-40)21(35)30-19-23(37)34-20(25(38)39)14(11-41-24(19)34)8-13-3-7-33(22(13)36)16-4-6-32(10-16)9-15-2-1-5-28-15/h8,12,15-16,19,24,28,40H,1-7,9-11H2,(H2,27,29)(H,30,35)(H,38,39)/b13-8+,31-18-/t15?,16?,19-,24-/m1/s1. The van der Waals surface area contributed by atoms with Crippen LogP contribution in [0.1, 0.15) is 31.4 Å². The summed E-state index contributed by atoms with van der Waals surface area (Å²) in [7, 11) is 0. The number of oxime groups is 1.